The van der Waals surface area contributed by atoms with Crippen molar-refractivity contribution in [3.8, 4) is 0 Å². The van der Waals surface area contributed by atoms with Gasteiger partial charge in [-0.3, -0.25) is 9.69 Å². The standard InChI is InChI=1S/C15H24ClN3OS.2ClH/c1-11(2)9-13(17)15(20)19-7-5-18(6-8-19)10-12-3-4-14(16)21-12;;/h3-4,11,13H,5-10,17H2,1-2H3;2*1H/t13-;;/m0../s1. The molecule has 1 fully saturated rings. The zero-order chi connectivity index (χ0) is 15.4. The smallest absolute Gasteiger partial charge is 0.239 e. The number of hydrogen-bond donors (Lipinski definition) is 1. The van der Waals surface area contributed by atoms with Crippen LogP contribution in [0.5, 0.6) is 0 Å². The van der Waals surface area contributed by atoms with Gasteiger partial charge >= 0.3 is 0 Å². The van der Waals surface area contributed by atoms with E-state index in [1.165, 1.54) is 4.88 Å². The summed E-state index contributed by atoms with van der Waals surface area (Å²) in [6.45, 7) is 8.44. The van der Waals surface area contributed by atoms with Crippen LogP contribution in [0.4, 0.5) is 0 Å². The lowest BCUT2D eigenvalue weighted by Gasteiger charge is -2.35. The number of nitrogens with zero attached hydrogens (tertiary/aromatic N) is 2. The number of rotatable bonds is 5. The molecule has 0 spiro atoms. The first-order valence-electron chi connectivity index (χ1n) is 7.46. The van der Waals surface area contributed by atoms with E-state index in [4.69, 9.17) is 17.3 Å². The highest BCUT2D eigenvalue weighted by molar-refractivity contribution is 7.16. The van der Waals surface area contributed by atoms with Crippen LogP contribution < -0.4 is 5.73 Å². The maximum Gasteiger partial charge on any atom is 0.239 e. The Kier molecular flexibility index (Phi) is 10.7. The molecule has 1 aromatic heterocycles. The van der Waals surface area contributed by atoms with E-state index >= 15 is 0 Å². The predicted octanol–water partition coefficient (Wildman–Crippen LogP) is 3.26. The molecule has 134 valence electrons. The second-order valence-corrected chi connectivity index (χ2v) is 7.84. The van der Waals surface area contributed by atoms with Crippen molar-refractivity contribution in [1.82, 2.24) is 9.80 Å². The molecule has 8 heteroatoms. The average Bonchev–Trinajstić information content (AvgIpc) is 2.83. The fraction of sp³-hybridized carbons (Fsp3) is 0.667. The van der Waals surface area contributed by atoms with Crippen molar-refractivity contribution in [2.24, 2.45) is 11.7 Å². The number of thiophene rings is 1. The summed E-state index contributed by atoms with van der Waals surface area (Å²) in [7, 11) is 0. The van der Waals surface area contributed by atoms with Gasteiger partial charge in [-0.15, -0.1) is 36.2 Å². The van der Waals surface area contributed by atoms with Crippen molar-refractivity contribution in [3.05, 3.63) is 21.3 Å². The van der Waals surface area contributed by atoms with Crippen LogP contribution in [-0.4, -0.2) is 47.9 Å². The van der Waals surface area contributed by atoms with Crippen molar-refractivity contribution in [2.75, 3.05) is 26.2 Å². The Morgan fingerprint density at radius 1 is 1.26 bits per heavy atom. The first-order chi connectivity index (χ1) is 9.95. The second kappa shape index (κ2) is 10.7. The van der Waals surface area contributed by atoms with E-state index in [1.54, 1.807) is 11.3 Å². The van der Waals surface area contributed by atoms with E-state index in [0.717, 1.165) is 43.5 Å². The van der Waals surface area contributed by atoms with Crippen LogP contribution in [0.25, 0.3) is 0 Å². The van der Waals surface area contributed by atoms with Crippen molar-refractivity contribution in [1.29, 1.82) is 0 Å². The summed E-state index contributed by atoms with van der Waals surface area (Å²) >= 11 is 7.58. The third-order valence-electron chi connectivity index (χ3n) is 3.73. The molecular weight excluding hydrogens is 377 g/mol. The number of amides is 1. The molecule has 2 N–H and O–H groups in total. The normalized spacial score (nSPS) is 16.7. The topological polar surface area (TPSA) is 49.6 Å². The summed E-state index contributed by atoms with van der Waals surface area (Å²) in [6, 6.07) is 3.66. The van der Waals surface area contributed by atoms with Gasteiger partial charge < -0.3 is 10.6 Å². The first-order valence-corrected chi connectivity index (χ1v) is 8.66. The van der Waals surface area contributed by atoms with Gasteiger partial charge in [-0.05, 0) is 24.5 Å². The Labute approximate surface area is 160 Å². The molecule has 0 aromatic carbocycles. The fourth-order valence-corrected chi connectivity index (χ4v) is 3.76. The van der Waals surface area contributed by atoms with Crippen molar-refractivity contribution < 1.29 is 4.79 Å². The lowest BCUT2D eigenvalue weighted by Crippen LogP contribution is -2.53. The molecule has 1 aromatic rings. The molecule has 2 heterocycles. The molecule has 1 saturated heterocycles. The minimum Gasteiger partial charge on any atom is -0.339 e. The molecule has 0 unspecified atom stereocenters. The van der Waals surface area contributed by atoms with Gasteiger partial charge in [0.05, 0.1) is 10.4 Å². The first kappa shape index (κ1) is 23.0. The summed E-state index contributed by atoms with van der Waals surface area (Å²) in [5, 5.41) is 0. The molecule has 4 nitrogen and oxygen atoms in total. The summed E-state index contributed by atoms with van der Waals surface area (Å²) in [6.07, 6.45) is 0.757. The molecule has 1 aliphatic heterocycles. The number of halogens is 3. The molecule has 0 radical (unpaired) electrons. The van der Waals surface area contributed by atoms with Gasteiger partial charge in [0.25, 0.3) is 0 Å². The monoisotopic (exact) mass is 401 g/mol. The van der Waals surface area contributed by atoms with E-state index in [9.17, 15) is 4.79 Å². The largest absolute Gasteiger partial charge is 0.339 e. The van der Waals surface area contributed by atoms with Crippen LogP contribution in [0.3, 0.4) is 0 Å². The number of carbonyl (C=O) groups excluding carboxylic acids is 1. The maximum absolute atomic E-state index is 12.3. The van der Waals surface area contributed by atoms with Crippen LogP contribution >= 0.6 is 47.8 Å². The van der Waals surface area contributed by atoms with Crippen LogP contribution in [-0.2, 0) is 11.3 Å². The minimum atomic E-state index is -0.354. The zero-order valence-corrected chi connectivity index (χ0v) is 16.7. The molecular formula is C15H26Cl3N3OS. The predicted molar refractivity (Wildman–Crippen MR) is 103 cm³/mol. The molecule has 23 heavy (non-hydrogen) atoms. The molecule has 0 aliphatic carbocycles. The Bertz CT molecular complexity index is 476. The molecule has 0 saturated carbocycles. The Hall–Kier alpha value is -0.0400. The van der Waals surface area contributed by atoms with Gasteiger partial charge in [0.2, 0.25) is 5.91 Å². The molecule has 1 atom stereocenters. The highest BCUT2D eigenvalue weighted by atomic mass is 35.5. The fourth-order valence-electron chi connectivity index (χ4n) is 2.63. The van der Waals surface area contributed by atoms with Crippen molar-refractivity contribution >= 4 is 53.7 Å². The Morgan fingerprint density at radius 2 is 1.87 bits per heavy atom. The second-order valence-electron chi connectivity index (χ2n) is 6.04. The van der Waals surface area contributed by atoms with Gasteiger partial charge in [0.1, 0.15) is 0 Å². The number of hydrogen-bond acceptors (Lipinski definition) is 4. The SMILES string of the molecule is CC(C)C[C@H](N)C(=O)N1CCN(Cc2ccc(Cl)s2)CC1.Cl.Cl. The van der Waals surface area contributed by atoms with Crippen molar-refractivity contribution in [2.45, 2.75) is 32.9 Å². The third-order valence-corrected chi connectivity index (χ3v) is 4.95. The Morgan fingerprint density at radius 3 is 2.35 bits per heavy atom. The average molecular weight is 403 g/mol. The highest BCUT2D eigenvalue weighted by Crippen LogP contribution is 2.23. The van der Waals surface area contributed by atoms with Crippen LogP contribution in [0.2, 0.25) is 4.34 Å². The van der Waals surface area contributed by atoms with E-state index < -0.39 is 0 Å². The molecule has 1 amide bonds. The summed E-state index contributed by atoms with van der Waals surface area (Å²) in [5.41, 5.74) is 5.99. The quantitative estimate of drug-likeness (QED) is 0.822. The lowest BCUT2D eigenvalue weighted by atomic mass is 10.0. The number of nitrogens with two attached hydrogens (primary N) is 1. The van der Waals surface area contributed by atoms with E-state index in [1.807, 2.05) is 11.0 Å². The minimum absolute atomic E-state index is 0. The van der Waals surface area contributed by atoms with Gasteiger partial charge in [0.15, 0.2) is 0 Å². The molecule has 2 rings (SSSR count). The summed E-state index contributed by atoms with van der Waals surface area (Å²) in [5.74, 6) is 0.552. The maximum atomic E-state index is 12.3. The summed E-state index contributed by atoms with van der Waals surface area (Å²) in [4.78, 5) is 17.8. The molecule has 1 aliphatic rings. The van der Waals surface area contributed by atoms with E-state index in [-0.39, 0.29) is 36.8 Å². The van der Waals surface area contributed by atoms with Crippen LogP contribution in [0.15, 0.2) is 12.1 Å². The lowest BCUT2D eigenvalue weighted by molar-refractivity contribution is -0.134. The number of carbonyl (C=O) groups is 1. The van der Waals surface area contributed by atoms with Gasteiger partial charge in [-0.2, -0.15) is 0 Å². The summed E-state index contributed by atoms with van der Waals surface area (Å²) < 4.78 is 0.832. The third kappa shape index (κ3) is 7.16. The zero-order valence-electron chi connectivity index (χ0n) is 13.5. The molecule has 0 bridgehead atoms. The van der Waals surface area contributed by atoms with Crippen LogP contribution in [0.1, 0.15) is 25.1 Å². The van der Waals surface area contributed by atoms with E-state index in [0.29, 0.717) is 5.92 Å². The van der Waals surface area contributed by atoms with E-state index in [2.05, 4.69) is 24.8 Å². The Balaban J connectivity index is 0.00000242. The number of piperazine rings is 1. The van der Waals surface area contributed by atoms with Crippen LogP contribution in [0, 0.1) is 5.92 Å². The van der Waals surface area contributed by atoms with Crippen molar-refractivity contribution in [3.63, 3.8) is 0 Å². The van der Waals surface area contributed by atoms with Gasteiger partial charge in [-0.1, -0.05) is 25.4 Å². The van der Waals surface area contributed by atoms with Gasteiger partial charge in [0, 0.05) is 37.6 Å². The highest BCUT2D eigenvalue weighted by Gasteiger charge is 2.25. The van der Waals surface area contributed by atoms with Gasteiger partial charge in [-0.25, -0.2) is 0 Å².